The van der Waals surface area contributed by atoms with Gasteiger partial charge in [0.2, 0.25) is 0 Å². The highest BCUT2D eigenvalue weighted by atomic mass is 19.4. The summed E-state index contributed by atoms with van der Waals surface area (Å²) >= 11 is 0. The number of halogens is 3. The molecule has 1 heterocycles. The lowest BCUT2D eigenvalue weighted by molar-refractivity contribution is -0.0938. The number of nitriles is 2. The van der Waals surface area contributed by atoms with Gasteiger partial charge in [-0.25, -0.2) is 0 Å². The molecule has 102 valence electrons. The van der Waals surface area contributed by atoms with Crippen molar-refractivity contribution in [1.29, 1.82) is 10.5 Å². The molecule has 1 aliphatic heterocycles. The van der Waals surface area contributed by atoms with Crippen molar-refractivity contribution in [2.45, 2.75) is 19.0 Å². The largest absolute Gasteiger partial charge is 0.433 e. The van der Waals surface area contributed by atoms with E-state index >= 15 is 0 Å². The second-order valence-corrected chi connectivity index (χ2v) is 4.33. The number of hydrogen-bond donors (Lipinski definition) is 0. The Morgan fingerprint density at radius 2 is 1.80 bits per heavy atom. The Kier molecular flexibility index (Phi) is 3.67. The zero-order valence-electron chi connectivity index (χ0n) is 10.4. The molecule has 0 radical (unpaired) electrons. The van der Waals surface area contributed by atoms with E-state index < -0.39 is 17.4 Å². The standard InChI is InChI=1S/C14H10F3N3/c15-14(16,17)13(11(8-18)9-19)20-7-3-5-10-4-1-2-6-12(10)20/h1-2,4,6H,3,5,7H2. The van der Waals surface area contributed by atoms with Gasteiger partial charge in [-0.15, -0.1) is 0 Å². The van der Waals surface area contributed by atoms with Crippen LogP contribution in [0.1, 0.15) is 12.0 Å². The summed E-state index contributed by atoms with van der Waals surface area (Å²) in [5.41, 5.74) is -0.881. The van der Waals surface area contributed by atoms with Crippen molar-refractivity contribution in [2.75, 3.05) is 11.4 Å². The van der Waals surface area contributed by atoms with Crippen LogP contribution in [0.25, 0.3) is 0 Å². The molecule has 1 aromatic carbocycles. The van der Waals surface area contributed by atoms with Crippen molar-refractivity contribution in [3.8, 4) is 12.1 Å². The van der Waals surface area contributed by atoms with E-state index in [9.17, 15) is 13.2 Å². The molecule has 0 saturated heterocycles. The molecular formula is C14H10F3N3. The summed E-state index contributed by atoms with van der Waals surface area (Å²) in [5.74, 6) is 0. The van der Waals surface area contributed by atoms with E-state index in [0.29, 0.717) is 18.5 Å². The molecule has 0 saturated carbocycles. The number of hydrogen-bond acceptors (Lipinski definition) is 3. The van der Waals surface area contributed by atoms with Gasteiger partial charge in [0, 0.05) is 12.2 Å². The number of alkyl halides is 3. The highest BCUT2D eigenvalue weighted by Crippen LogP contribution is 2.38. The van der Waals surface area contributed by atoms with Crippen LogP contribution in [0.2, 0.25) is 0 Å². The van der Waals surface area contributed by atoms with Crippen molar-refractivity contribution in [3.63, 3.8) is 0 Å². The minimum atomic E-state index is -4.74. The maximum Gasteiger partial charge on any atom is 0.433 e. The van der Waals surface area contributed by atoms with Gasteiger partial charge in [0.05, 0.1) is 0 Å². The van der Waals surface area contributed by atoms with Gasteiger partial charge in [-0.1, -0.05) is 18.2 Å². The van der Waals surface area contributed by atoms with E-state index in [1.807, 2.05) is 0 Å². The molecule has 3 nitrogen and oxygen atoms in total. The predicted octanol–water partition coefficient (Wildman–Crippen LogP) is 3.30. The van der Waals surface area contributed by atoms with E-state index in [2.05, 4.69) is 0 Å². The molecule has 0 unspecified atom stereocenters. The summed E-state index contributed by atoms with van der Waals surface area (Å²) < 4.78 is 39.7. The van der Waals surface area contributed by atoms with E-state index in [1.165, 1.54) is 12.1 Å². The number of benzene rings is 1. The SMILES string of the molecule is N#CC(C#N)=C(N1CCCc2ccccc21)C(F)(F)F. The van der Waals surface area contributed by atoms with Crippen LogP contribution in [0, 0.1) is 22.7 Å². The van der Waals surface area contributed by atoms with Gasteiger partial charge in [-0.05, 0) is 24.5 Å². The average Bonchev–Trinajstić information content (AvgIpc) is 2.43. The number of fused-ring (bicyclic) bond motifs is 1. The van der Waals surface area contributed by atoms with Gasteiger partial charge in [0.25, 0.3) is 0 Å². The number of anilines is 1. The molecule has 1 aromatic rings. The van der Waals surface area contributed by atoms with Crippen molar-refractivity contribution in [3.05, 3.63) is 41.1 Å². The molecule has 2 rings (SSSR count). The zero-order chi connectivity index (χ0) is 14.8. The van der Waals surface area contributed by atoms with Gasteiger partial charge in [0.1, 0.15) is 12.1 Å². The van der Waals surface area contributed by atoms with Crippen LogP contribution >= 0.6 is 0 Å². The smallest absolute Gasteiger partial charge is 0.336 e. The van der Waals surface area contributed by atoms with Crippen LogP contribution in [0.3, 0.4) is 0 Å². The highest BCUT2D eigenvalue weighted by Gasteiger charge is 2.42. The minimum absolute atomic E-state index is 0.138. The highest BCUT2D eigenvalue weighted by molar-refractivity contribution is 5.63. The van der Waals surface area contributed by atoms with E-state index in [0.717, 1.165) is 10.5 Å². The minimum Gasteiger partial charge on any atom is -0.336 e. The topological polar surface area (TPSA) is 50.8 Å². The Labute approximate surface area is 114 Å². The van der Waals surface area contributed by atoms with Crippen molar-refractivity contribution < 1.29 is 13.2 Å². The van der Waals surface area contributed by atoms with Crippen molar-refractivity contribution in [1.82, 2.24) is 0 Å². The quantitative estimate of drug-likeness (QED) is 0.740. The predicted molar refractivity (Wildman–Crippen MR) is 66.4 cm³/mol. The maximum atomic E-state index is 13.2. The number of rotatable bonds is 1. The van der Waals surface area contributed by atoms with Gasteiger partial charge in [-0.2, -0.15) is 23.7 Å². The molecule has 0 aliphatic carbocycles. The van der Waals surface area contributed by atoms with Gasteiger partial charge >= 0.3 is 6.18 Å². The fourth-order valence-corrected chi connectivity index (χ4v) is 2.33. The fraction of sp³-hybridized carbons (Fsp3) is 0.286. The second kappa shape index (κ2) is 5.26. The normalized spacial score (nSPS) is 13.9. The zero-order valence-corrected chi connectivity index (χ0v) is 10.4. The lowest BCUT2D eigenvalue weighted by atomic mass is 10.00. The van der Waals surface area contributed by atoms with Crippen molar-refractivity contribution in [2.24, 2.45) is 0 Å². The molecule has 6 heteroatoms. The fourth-order valence-electron chi connectivity index (χ4n) is 2.33. The third-order valence-corrected chi connectivity index (χ3v) is 3.11. The first-order valence-electron chi connectivity index (χ1n) is 5.96. The first-order chi connectivity index (χ1) is 9.49. The Morgan fingerprint density at radius 3 is 2.40 bits per heavy atom. The summed E-state index contributed by atoms with van der Waals surface area (Å²) in [6, 6.07) is 9.42. The van der Waals surface area contributed by atoms with Crippen LogP contribution in [0.5, 0.6) is 0 Å². The molecule has 0 amide bonds. The molecule has 0 fully saturated rings. The first-order valence-corrected chi connectivity index (χ1v) is 5.96. The monoisotopic (exact) mass is 277 g/mol. The van der Waals surface area contributed by atoms with Crippen LogP contribution in [0.4, 0.5) is 18.9 Å². The van der Waals surface area contributed by atoms with Crippen LogP contribution in [0.15, 0.2) is 35.5 Å². The Morgan fingerprint density at radius 1 is 1.15 bits per heavy atom. The Balaban J connectivity index is 2.63. The molecule has 0 bridgehead atoms. The first kappa shape index (κ1) is 14.0. The third-order valence-electron chi connectivity index (χ3n) is 3.11. The third kappa shape index (κ3) is 2.46. The molecular weight excluding hydrogens is 267 g/mol. The summed E-state index contributed by atoms with van der Waals surface area (Å²) in [4.78, 5) is 1.03. The van der Waals surface area contributed by atoms with E-state index in [-0.39, 0.29) is 6.54 Å². The number of para-hydroxylation sites is 1. The second-order valence-electron chi connectivity index (χ2n) is 4.33. The molecule has 0 atom stereocenters. The molecule has 0 spiro atoms. The molecule has 1 aliphatic rings. The van der Waals surface area contributed by atoms with Gasteiger partial charge in [0.15, 0.2) is 11.3 Å². The molecule has 20 heavy (non-hydrogen) atoms. The van der Waals surface area contributed by atoms with Crippen LogP contribution in [-0.4, -0.2) is 12.7 Å². The Bertz CT molecular complexity index is 616. The number of allylic oxidation sites excluding steroid dienone is 2. The summed E-state index contributed by atoms with van der Waals surface area (Å²) in [5, 5.41) is 17.6. The summed E-state index contributed by atoms with van der Waals surface area (Å²) in [6.45, 7) is 0.138. The van der Waals surface area contributed by atoms with E-state index in [1.54, 1.807) is 24.3 Å². The van der Waals surface area contributed by atoms with Crippen molar-refractivity contribution >= 4 is 5.69 Å². The van der Waals surface area contributed by atoms with Crippen LogP contribution in [-0.2, 0) is 6.42 Å². The summed E-state index contributed by atoms with van der Waals surface area (Å²) in [6.07, 6.45) is -3.52. The maximum absolute atomic E-state index is 13.2. The number of aryl methyl sites for hydroxylation is 1. The molecule has 0 N–H and O–H groups in total. The lowest BCUT2D eigenvalue weighted by Crippen LogP contribution is -2.36. The van der Waals surface area contributed by atoms with Gasteiger partial charge in [-0.3, -0.25) is 0 Å². The summed E-state index contributed by atoms with van der Waals surface area (Å²) in [7, 11) is 0. The average molecular weight is 277 g/mol. The van der Waals surface area contributed by atoms with Crippen LogP contribution < -0.4 is 4.90 Å². The molecule has 0 aromatic heterocycles. The van der Waals surface area contributed by atoms with E-state index in [4.69, 9.17) is 10.5 Å². The Hall–Kier alpha value is -2.47. The number of nitrogens with zero attached hydrogens (tertiary/aromatic N) is 3. The lowest BCUT2D eigenvalue weighted by Gasteiger charge is -2.33. The van der Waals surface area contributed by atoms with Gasteiger partial charge < -0.3 is 4.90 Å².